The summed E-state index contributed by atoms with van der Waals surface area (Å²) in [6.45, 7) is 0. The van der Waals surface area contributed by atoms with Crippen LogP contribution in [0.15, 0.2) is 6.07 Å². The molecule has 0 aliphatic carbocycles. The van der Waals surface area contributed by atoms with Crippen molar-refractivity contribution in [3.05, 3.63) is 26.9 Å². The largest absolute Gasteiger partial charge is 0.378 e. The lowest BCUT2D eigenvalue weighted by molar-refractivity contribution is -0.384. The van der Waals surface area contributed by atoms with E-state index in [0.29, 0.717) is 5.75 Å². The number of hydrogen-bond acceptors (Lipinski definition) is 5. The predicted octanol–water partition coefficient (Wildman–Crippen LogP) is 1.51. The van der Waals surface area contributed by atoms with Gasteiger partial charge in [0.25, 0.3) is 0 Å². The first kappa shape index (κ1) is 11.6. The third-order valence-corrected chi connectivity index (χ3v) is 1.93. The first-order valence-electron chi connectivity index (χ1n) is 3.76. The molecule has 1 aromatic heterocycles. The van der Waals surface area contributed by atoms with Gasteiger partial charge >= 0.3 is 5.69 Å². The van der Waals surface area contributed by atoms with E-state index in [4.69, 9.17) is 17.3 Å². The van der Waals surface area contributed by atoms with Gasteiger partial charge in [0, 0.05) is 6.07 Å². The van der Waals surface area contributed by atoms with Gasteiger partial charge in [-0.1, -0.05) is 23.4 Å². The average molecular weight is 244 g/mol. The van der Waals surface area contributed by atoms with Crippen LogP contribution in [0.1, 0.15) is 5.56 Å². The number of hydrogen-bond donors (Lipinski definition) is 2. The standard InChI is InChI=1S/C8H6ClN3O2S/c9-7-5(2-1-3-15)4-6(12(13)14)8(10)11-7/h4,15H,3H2,(H2,10,11). The summed E-state index contributed by atoms with van der Waals surface area (Å²) in [5.74, 6) is 5.33. The van der Waals surface area contributed by atoms with E-state index < -0.39 is 4.92 Å². The van der Waals surface area contributed by atoms with E-state index in [2.05, 4.69) is 29.5 Å². The second-order valence-electron chi connectivity index (χ2n) is 2.45. The van der Waals surface area contributed by atoms with E-state index in [0.717, 1.165) is 0 Å². The molecule has 0 aliphatic rings. The number of halogens is 1. The first-order chi connectivity index (χ1) is 7.06. The third-order valence-electron chi connectivity index (χ3n) is 1.48. The SMILES string of the molecule is Nc1nc(Cl)c(C#CCS)cc1[N+](=O)[O-]. The van der Waals surface area contributed by atoms with Crippen LogP contribution in [0.5, 0.6) is 0 Å². The van der Waals surface area contributed by atoms with Crippen molar-refractivity contribution in [2.75, 3.05) is 11.5 Å². The first-order valence-corrected chi connectivity index (χ1v) is 4.77. The summed E-state index contributed by atoms with van der Waals surface area (Å²) in [5, 5.41) is 10.6. The highest BCUT2D eigenvalue weighted by Gasteiger charge is 2.15. The molecule has 0 unspecified atom stereocenters. The highest BCUT2D eigenvalue weighted by atomic mass is 35.5. The summed E-state index contributed by atoms with van der Waals surface area (Å²) in [6, 6.07) is 1.20. The van der Waals surface area contributed by atoms with Crippen molar-refractivity contribution in [2.45, 2.75) is 0 Å². The van der Waals surface area contributed by atoms with Gasteiger partial charge in [-0.2, -0.15) is 12.6 Å². The molecule has 0 bridgehead atoms. The minimum atomic E-state index is -0.634. The van der Waals surface area contributed by atoms with Crippen LogP contribution >= 0.6 is 24.2 Å². The van der Waals surface area contributed by atoms with Crippen LogP contribution in [0.3, 0.4) is 0 Å². The van der Waals surface area contributed by atoms with Crippen LogP contribution in [-0.4, -0.2) is 15.7 Å². The van der Waals surface area contributed by atoms with Crippen molar-refractivity contribution in [3.63, 3.8) is 0 Å². The van der Waals surface area contributed by atoms with Gasteiger partial charge in [-0.15, -0.1) is 0 Å². The van der Waals surface area contributed by atoms with Crippen LogP contribution in [0.25, 0.3) is 0 Å². The molecule has 1 heterocycles. The molecule has 0 fully saturated rings. The molecule has 1 aromatic rings. The van der Waals surface area contributed by atoms with Gasteiger partial charge in [0.05, 0.1) is 16.2 Å². The molecular formula is C8H6ClN3O2S. The molecular weight excluding hydrogens is 238 g/mol. The van der Waals surface area contributed by atoms with E-state index in [9.17, 15) is 10.1 Å². The molecule has 2 N–H and O–H groups in total. The molecule has 1 rings (SSSR count). The lowest BCUT2D eigenvalue weighted by atomic mass is 10.2. The molecule has 0 saturated carbocycles. The van der Waals surface area contributed by atoms with E-state index in [-0.39, 0.29) is 22.2 Å². The summed E-state index contributed by atoms with van der Waals surface area (Å²) in [4.78, 5) is 13.5. The van der Waals surface area contributed by atoms with Crippen molar-refractivity contribution in [1.29, 1.82) is 0 Å². The molecule has 0 atom stereocenters. The fourth-order valence-electron chi connectivity index (χ4n) is 0.862. The maximum atomic E-state index is 10.5. The zero-order valence-electron chi connectivity index (χ0n) is 7.40. The van der Waals surface area contributed by atoms with Gasteiger partial charge in [-0.25, -0.2) is 4.98 Å². The summed E-state index contributed by atoms with van der Waals surface area (Å²) >= 11 is 9.58. The molecule has 0 radical (unpaired) electrons. The Hall–Kier alpha value is -1.45. The van der Waals surface area contributed by atoms with Crippen molar-refractivity contribution in [2.24, 2.45) is 0 Å². The molecule has 0 aliphatic heterocycles. The number of thiol groups is 1. The van der Waals surface area contributed by atoms with Gasteiger partial charge in [0.1, 0.15) is 5.15 Å². The third kappa shape index (κ3) is 2.75. The maximum absolute atomic E-state index is 10.5. The van der Waals surface area contributed by atoms with E-state index in [1.165, 1.54) is 6.07 Å². The topological polar surface area (TPSA) is 82.0 Å². The van der Waals surface area contributed by atoms with Crippen molar-refractivity contribution < 1.29 is 4.92 Å². The summed E-state index contributed by atoms with van der Waals surface area (Å²) < 4.78 is 0. The van der Waals surface area contributed by atoms with Crippen LogP contribution in [0.2, 0.25) is 5.15 Å². The number of pyridine rings is 1. The van der Waals surface area contributed by atoms with Crippen molar-refractivity contribution in [3.8, 4) is 11.8 Å². The average Bonchev–Trinajstić information content (AvgIpc) is 2.16. The minimum absolute atomic E-state index is 0.0485. The lowest BCUT2D eigenvalue weighted by Crippen LogP contribution is -2.00. The Morgan fingerprint density at radius 1 is 1.73 bits per heavy atom. The zero-order valence-corrected chi connectivity index (χ0v) is 9.05. The molecule has 0 amide bonds. The summed E-state index contributed by atoms with van der Waals surface area (Å²) in [5.41, 5.74) is 5.29. The minimum Gasteiger partial charge on any atom is -0.378 e. The lowest BCUT2D eigenvalue weighted by Gasteiger charge is -1.98. The maximum Gasteiger partial charge on any atom is 0.312 e. The quantitative estimate of drug-likeness (QED) is 0.258. The Bertz CT molecular complexity index is 467. The van der Waals surface area contributed by atoms with Crippen LogP contribution in [0.4, 0.5) is 11.5 Å². The number of rotatable bonds is 1. The number of nitrogen functional groups attached to an aromatic ring is 1. The van der Waals surface area contributed by atoms with E-state index in [1.807, 2.05) is 0 Å². The van der Waals surface area contributed by atoms with Crippen LogP contribution in [0, 0.1) is 22.0 Å². The predicted molar refractivity (Wildman–Crippen MR) is 61.0 cm³/mol. The Kier molecular flexibility index (Phi) is 3.77. The van der Waals surface area contributed by atoms with Crippen molar-refractivity contribution >= 4 is 35.7 Å². The number of nitrogens with zero attached hydrogens (tertiary/aromatic N) is 2. The zero-order chi connectivity index (χ0) is 11.4. The van der Waals surface area contributed by atoms with Crippen molar-refractivity contribution in [1.82, 2.24) is 4.98 Å². The highest BCUT2D eigenvalue weighted by molar-refractivity contribution is 7.80. The number of anilines is 1. The number of nitrogens with two attached hydrogens (primary N) is 1. The molecule has 7 heteroatoms. The molecule has 0 saturated heterocycles. The van der Waals surface area contributed by atoms with Gasteiger partial charge in [0.15, 0.2) is 0 Å². The second-order valence-corrected chi connectivity index (χ2v) is 3.12. The van der Waals surface area contributed by atoms with E-state index in [1.54, 1.807) is 0 Å². The van der Waals surface area contributed by atoms with Gasteiger partial charge in [0.2, 0.25) is 5.82 Å². The second kappa shape index (κ2) is 4.87. The number of nitro groups is 1. The molecule has 0 aromatic carbocycles. The Labute approximate surface area is 96.2 Å². The molecule has 15 heavy (non-hydrogen) atoms. The summed E-state index contributed by atoms with van der Waals surface area (Å²) in [6.07, 6.45) is 0. The van der Waals surface area contributed by atoms with Gasteiger partial charge in [-0.05, 0) is 0 Å². The van der Waals surface area contributed by atoms with E-state index >= 15 is 0 Å². The highest BCUT2D eigenvalue weighted by Crippen LogP contribution is 2.24. The monoisotopic (exact) mass is 243 g/mol. The summed E-state index contributed by atoms with van der Waals surface area (Å²) in [7, 11) is 0. The van der Waals surface area contributed by atoms with Gasteiger partial charge in [-0.3, -0.25) is 10.1 Å². The number of aromatic nitrogens is 1. The fraction of sp³-hybridized carbons (Fsp3) is 0.125. The van der Waals surface area contributed by atoms with Crippen LogP contribution < -0.4 is 5.73 Å². The smallest absolute Gasteiger partial charge is 0.312 e. The van der Waals surface area contributed by atoms with Gasteiger partial charge < -0.3 is 5.73 Å². The Balaban J connectivity index is 3.29. The van der Waals surface area contributed by atoms with Crippen LogP contribution in [-0.2, 0) is 0 Å². The Morgan fingerprint density at radius 3 is 2.93 bits per heavy atom. The molecule has 5 nitrogen and oxygen atoms in total. The fourth-order valence-corrected chi connectivity index (χ4v) is 1.13. The molecule has 78 valence electrons. The normalized spacial score (nSPS) is 9.20. The Morgan fingerprint density at radius 2 is 2.40 bits per heavy atom. The molecule has 0 spiro atoms.